The number of hydrogen-bond donors (Lipinski definition) is 1. The standard InChI is InChI=1S/C9H17NO.C2H6/c1-8(2)10-6-4-3-5-9(10)7-11;1-2/h9,11H,1,3-7H2,2H3;1-2H3. The summed E-state index contributed by atoms with van der Waals surface area (Å²) in [6.45, 7) is 11.2. The summed E-state index contributed by atoms with van der Waals surface area (Å²) in [5, 5.41) is 9.03. The lowest BCUT2D eigenvalue weighted by molar-refractivity contribution is 0.120. The van der Waals surface area contributed by atoms with Crippen molar-refractivity contribution < 1.29 is 5.11 Å². The van der Waals surface area contributed by atoms with Gasteiger partial charge in [-0.2, -0.15) is 0 Å². The number of piperidine rings is 1. The highest BCUT2D eigenvalue weighted by Crippen LogP contribution is 2.19. The first-order chi connectivity index (χ1) is 6.25. The zero-order valence-electron chi connectivity index (χ0n) is 9.21. The third-order valence-corrected chi connectivity index (χ3v) is 2.33. The molecule has 1 atom stereocenters. The Labute approximate surface area is 82.3 Å². The van der Waals surface area contributed by atoms with Crippen LogP contribution in [0.25, 0.3) is 0 Å². The highest BCUT2D eigenvalue weighted by atomic mass is 16.3. The molecule has 1 rings (SSSR count). The van der Waals surface area contributed by atoms with Crippen molar-refractivity contribution in [1.29, 1.82) is 0 Å². The molecular weight excluding hydrogens is 162 g/mol. The van der Waals surface area contributed by atoms with Crippen molar-refractivity contribution in [3.05, 3.63) is 12.3 Å². The van der Waals surface area contributed by atoms with Gasteiger partial charge in [0.15, 0.2) is 0 Å². The van der Waals surface area contributed by atoms with E-state index in [0.29, 0.717) is 6.04 Å². The van der Waals surface area contributed by atoms with Gasteiger partial charge in [0, 0.05) is 12.2 Å². The molecule has 1 aliphatic heterocycles. The van der Waals surface area contributed by atoms with Crippen LogP contribution < -0.4 is 0 Å². The molecule has 2 nitrogen and oxygen atoms in total. The molecule has 0 spiro atoms. The van der Waals surface area contributed by atoms with Gasteiger partial charge in [-0.25, -0.2) is 0 Å². The molecule has 0 aliphatic carbocycles. The molecule has 0 aromatic heterocycles. The molecule has 13 heavy (non-hydrogen) atoms. The largest absolute Gasteiger partial charge is 0.394 e. The number of aliphatic hydroxyl groups is 1. The first-order valence-electron chi connectivity index (χ1n) is 5.28. The molecule has 0 aromatic rings. The Hall–Kier alpha value is -0.500. The van der Waals surface area contributed by atoms with Crippen LogP contribution in [0.5, 0.6) is 0 Å². The van der Waals surface area contributed by atoms with Crippen molar-refractivity contribution in [2.45, 2.75) is 46.1 Å². The van der Waals surface area contributed by atoms with Gasteiger partial charge >= 0.3 is 0 Å². The minimum absolute atomic E-state index is 0.271. The van der Waals surface area contributed by atoms with Crippen molar-refractivity contribution in [3.63, 3.8) is 0 Å². The fourth-order valence-corrected chi connectivity index (χ4v) is 1.69. The van der Waals surface area contributed by atoms with E-state index in [2.05, 4.69) is 11.5 Å². The van der Waals surface area contributed by atoms with Crippen LogP contribution in [-0.4, -0.2) is 29.2 Å². The summed E-state index contributed by atoms with van der Waals surface area (Å²) < 4.78 is 0. The van der Waals surface area contributed by atoms with Gasteiger partial charge in [0.25, 0.3) is 0 Å². The predicted molar refractivity (Wildman–Crippen MR) is 57.6 cm³/mol. The third-order valence-electron chi connectivity index (χ3n) is 2.33. The normalized spacial score (nSPS) is 21.8. The van der Waals surface area contributed by atoms with Gasteiger partial charge in [0.1, 0.15) is 0 Å². The Morgan fingerprint density at radius 1 is 1.46 bits per heavy atom. The summed E-state index contributed by atoms with van der Waals surface area (Å²) in [6, 6.07) is 0.334. The summed E-state index contributed by atoms with van der Waals surface area (Å²) in [5.74, 6) is 0. The van der Waals surface area contributed by atoms with Gasteiger partial charge in [0.05, 0.1) is 12.6 Å². The van der Waals surface area contributed by atoms with E-state index in [9.17, 15) is 0 Å². The minimum Gasteiger partial charge on any atom is -0.394 e. The van der Waals surface area contributed by atoms with E-state index in [1.807, 2.05) is 20.8 Å². The van der Waals surface area contributed by atoms with Crippen LogP contribution in [0.3, 0.4) is 0 Å². The fourth-order valence-electron chi connectivity index (χ4n) is 1.69. The molecule has 0 saturated carbocycles. The van der Waals surface area contributed by atoms with Crippen LogP contribution in [0.15, 0.2) is 12.3 Å². The van der Waals surface area contributed by atoms with Crippen LogP contribution in [0.2, 0.25) is 0 Å². The second kappa shape index (κ2) is 6.96. The first kappa shape index (κ1) is 12.5. The molecule has 1 N–H and O–H groups in total. The van der Waals surface area contributed by atoms with Gasteiger partial charge in [-0.1, -0.05) is 20.4 Å². The van der Waals surface area contributed by atoms with Gasteiger partial charge < -0.3 is 10.0 Å². The lowest BCUT2D eigenvalue weighted by Crippen LogP contribution is -2.40. The van der Waals surface area contributed by atoms with Crippen molar-refractivity contribution >= 4 is 0 Å². The van der Waals surface area contributed by atoms with Crippen molar-refractivity contribution in [3.8, 4) is 0 Å². The maximum Gasteiger partial charge on any atom is 0.0634 e. The van der Waals surface area contributed by atoms with Crippen molar-refractivity contribution in [2.75, 3.05) is 13.2 Å². The zero-order valence-corrected chi connectivity index (χ0v) is 9.21. The molecule has 2 heteroatoms. The lowest BCUT2D eigenvalue weighted by atomic mass is 10.0. The second-order valence-electron chi connectivity index (χ2n) is 3.26. The second-order valence-corrected chi connectivity index (χ2v) is 3.26. The predicted octanol–water partition coefficient (Wildman–Crippen LogP) is 2.39. The van der Waals surface area contributed by atoms with Crippen LogP contribution >= 0.6 is 0 Å². The molecule has 0 radical (unpaired) electrons. The fraction of sp³-hybridized carbons (Fsp3) is 0.818. The van der Waals surface area contributed by atoms with Crippen LogP contribution in [0.1, 0.15) is 40.0 Å². The molecule has 1 saturated heterocycles. The number of nitrogens with zero attached hydrogens (tertiary/aromatic N) is 1. The van der Waals surface area contributed by atoms with Gasteiger partial charge in [-0.3, -0.25) is 0 Å². The van der Waals surface area contributed by atoms with E-state index in [1.54, 1.807) is 0 Å². The number of likely N-dealkylation sites (tertiary alicyclic amines) is 1. The Morgan fingerprint density at radius 2 is 2.08 bits per heavy atom. The van der Waals surface area contributed by atoms with Crippen LogP contribution in [0.4, 0.5) is 0 Å². The smallest absolute Gasteiger partial charge is 0.0634 e. The van der Waals surface area contributed by atoms with Gasteiger partial charge in [-0.05, 0) is 26.2 Å². The van der Waals surface area contributed by atoms with Gasteiger partial charge in [0.2, 0.25) is 0 Å². The SMILES string of the molecule is C=C(C)N1CCCCC1CO.CC. The topological polar surface area (TPSA) is 23.5 Å². The average Bonchev–Trinajstić information content (AvgIpc) is 2.20. The zero-order chi connectivity index (χ0) is 10.3. The van der Waals surface area contributed by atoms with Gasteiger partial charge in [-0.15, -0.1) is 0 Å². The molecule has 0 bridgehead atoms. The van der Waals surface area contributed by atoms with Crippen molar-refractivity contribution in [2.24, 2.45) is 0 Å². The molecule has 1 fully saturated rings. The number of allylic oxidation sites excluding steroid dienone is 1. The first-order valence-corrected chi connectivity index (χ1v) is 5.28. The Morgan fingerprint density at radius 3 is 2.46 bits per heavy atom. The Balaban J connectivity index is 0.000000671. The molecule has 1 aliphatic rings. The molecule has 78 valence electrons. The van der Waals surface area contributed by atoms with E-state index < -0.39 is 0 Å². The monoisotopic (exact) mass is 185 g/mol. The van der Waals surface area contributed by atoms with Crippen molar-refractivity contribution in [1.82, 2.24) is 4.90 Å². The molecule has 1 unspecified atom stereocenters. The van der Waals surface area contributed by atoms with Crippen LogP contribution in [0, 0.1) is 0 Å². The quantitative estimate of drug-likeness (QED) is 0.714. The maximum absolute atomic E-state index is 9.03. The van der Waals surface area contributed by atoms with E-state index in [0.717, 1.165) is 18.7 Å². The summed E-state index contributed by atoms with van der Waals surface area (Å²) >= 11 is 0. The maximum atomic E-state index is 9.03. The van der Waals surface area contributed by atoms with Crippen LogP contribution in [-0.2, 0) is 0 Å². The van der Waals surface area contributed by atoms with E-state index >= 15 is 0 Å². The van der Waals surface area contributed by atoms with E-state index in [4.69, 9.17) is 5.11 Å². The Bertz CT molecular complexity index is 145. The summed E-state index contributed by atoms with van der Waals surface area (Å²) in [6.07, 6.45) is 3.60. The molecule has 1 heterocycles. The minimum atomic E-state index is 0.271. The Kier molecular flexibility index (Phi) is 6.69. The van der Waals surface area contributed by atoms with E-state index in [-0.39, 0.29) is 6.61 Å². The number of rotatable bonds is 2. The highest BCUT2D eigenvalue weighted by Gasteiger charge is 2.20. The third kappa shape index (κ3) is 3.81. The summed E-state index contributed by atoms with van der Waals surface area (Å²) in [7, 11) is 0. The average molecular weight is 185 g/mol. The number of aliphatic hydroxyl groups excluding tert-OH is 1. The summed E-state index contributed by atoms with van der Waals surface area (Å²) in [4.78, 5) is 2.21. The highest BCUT2D eigenvalue weighted by molar-refractivity contribution is 4.94. The van der Waals surface area contributed by atoms with E-state index in [1.165, 1.54) is 12.8 Å². The molecular formula is C11H23NO. The molecule has 0 aromatic carbocycles. The number of hydrogen-bond acceptors (Lipinski definition) is 2. The lowest BCUT2D eigenvalue weighted by Gasteiger charge is -2.36. The summed E-state index contributed by atoms with van der Waals surface area (Å²) in [5.41, 5.74) is 1.09. The molecule has 0 amide bonds.